The van der Waals surface area contributed by atoms with Crippen molar-refractivity contribution in [1.29, 1.82) is 0 Å². The minimum absolute atomic E-state index is 0.111. The molecule has 1 aromatic carbocycles. The summed E-state index contributed by atoms with van der Waals surface area (Å²) in [5, 5.41) is 0. The van der Waals surface area contributed by atoms with E-state index in [0.717, 1.165) is 5.56 Å². The summed E-state index contributed by atoms with van der Waals surface area (Å²) in [5.41, 5.74) is 0.938. The standard InChI is InChI=1S/C16H20O9P2/c1-19-14-4-10(5-22-26-8-11-6-20-15(17)23-11)2-3-13(14)25-27-9-12-7-21-16(18)24-12/h2-4,11-12,26-27H,5-9H2,1H3. The lowest BCUT2D eigenvalue weighted by atomic mass is 10.2. The third kappa shape index (κ3) is 6.09. The van der Waals surface area contributed by atoms with Crippen molar-refractivity contribution in [3.8, 4) is 11.5 Å². The molecule has 0 bridgehead atoms. The van der Waals surface area contributed by atoms with E-state index in [9.17, 15) is 9.59 Å². The van der Waals surface area contributed by atoms with Gasteiger partial charge >= 0.3 is 12.3 Å². The number of rotatable bonds is 10. The summed E-state index contributed by atoms with van der Waals surface area (Å²) in [5.74, 6) is 1.21. The topological polar surface area (TPSA) is 98.8 Å². The molecular weight excluding hydrogens is 398 g/mol. The van der Waals surface area contributed by atoms with Crippen LogP contribution in [0.5, 0.6) is 11.5 Å². The molecule has 4 unspecified atom stereocenters. The van der Waals surface area contributed by atoms with Gasteiger partial charge in [-0.3, -0.25) is 0 Å². The van der Waals surface area contributed by atoms with Crippen molar-refractivity contribution in [2.75, 3.05) is 32.6 Å². The average molecular weight is 418 g/mol. The predicted molar refractivity (Wildman–Crippen MR) is 97.2 cm³/mol. The number of hydrogen-bond donors (Lipinski definition) is 0. The van der Waals surface area contributed by atoms with Crippen molar-refractivity contribution in [2.45, 2.75) is 18.8 Å². The number of hydrogen-bond acceptors (Lipinski definition) is 9. The zero-order chi connectivity index (χ0) is 19.1. The third-order valence-corrected chi connectivity index (χ3v) is 5.63. The fourth-order valence-electron chi connectivity index (χ4n) is 2.32. The molecule has 2 heterocycles. The van der Waals surface area contributed by atoms with Crippen molar-refractivity contribution >= 4 is 29.9 Å². The first-order chi connectivity index (χ1) is 13.1. The summed E-state index contributed by atoms with van der Waals surface area (Å²) in [6.45, 7) is 0.950. The Labute approximate surface area is 159 Å². The van der Waals surface area contributed by atoms with E-state index in [2.05, 4.69) is 0 Å². The van der Waals surface area contributed by atoms with E-state index >= 15 is 0 Å². The Morgan fingerprint density at radius 1 is 1.00 bits per heavy atom. The van der Waals surface area contributed by atoms with Crippen LogP contribution in [0, 0.1) is 0 Å². The van der Waals surface area contributed by atoms with Crippen LogP contribution in [-0.4, -0.2) is 57.2 Å². The number of cyclic esters (lactones) is 4. The molecule has 0 N–H and O–H groups in total. The molecule has 0 radical (unpaired) electrons. The van der Waals surface area contributed by atoms with E-state index in [1.807, 2.05) is 18.2 Å². The molecule has 1 aromatic rings. The maximum Gasteiger partial charge on any atom is 0.508 e. The van der Waals surface area contributed by atoms with Gasteiger partial charge in [0.2, 0.25) is 0 Å². The molecule has 4 atom stereocenters. The molecule has 27 heavy (non-hydrogen) atoms. The molecule has 148 valence electrons. The molecule has 2 aliphatic heterocycles. The van der Waals surface area contributed by atoms with Gasteiger partial charge in [-0.25, -0.2) is 9.59 Å². The Hall–Kier alpha value is -1.82. The molecule has 2 aliphatic rings. The SMILES string of the molecule is COc1cc(COPCC2COC(=O)O2)ccc1OPCC1COC(=O)O1. The van der Waals surface area contributed by atoms with E-state index in [4.69, 9.17) is 32.7 Å². The van der Waals surface area contributed by atoms with E-state index in [1.165, 1.54) is 0 Å². The minimum Gasteiger partial charge on any atom is -0.493 e. The lowest BCUT2D eigenvalue weighted by Crippen LogP contribution is -2.12. The van der Waals surface area contributed by atoms with Crippen LogP contribution in [0.15, 0.2) is 18.2 Å². The summed E-state index contributed by atoms with van der Waals surface area (Å²) >= 11 is 0. The lowest BCUT2D eigenvalue weighted by Gasteiger charge is -2.13. The van der Waals surface area contributed by atoms with E-state index in [-0.39, 0.29) is 43.0 Å². The van der Waals surface area contributed by atoms with Gasteiger partial charge in [0.1, 0.15) is 25.4 Å². The number of carbonyl (C=O) groups excluding carboxylic acids is 2. The first-order valence-electron chi connectivity index (χ1n) is 8.22. The fourth-order valence-corrected chi connectivity index (χ4v) is 3.88. The molecular formula is C16H20O9P2. The van der Waals surface area contributed by atoms with Crippen LogP contribution in [0.2, 0.25) is 0 Å². The maximum atomic E-state index is 10.9. The number of benzene rings is 1. The summed E-state index contributed by atoms with van der Waals surface area (Å²) in [4.78, 5) is 21.7. The summed E-state index contributed by atoms with van der Waals surface area (Å²) in [6.07, 6.45) is -0.570. The van der Waals surface area contributed by atoms with Gasteiger partial charge in [-0.2, -0.15) is 0 Å². The molecule has 0 aromatic heterocycles. The number of ether oxygens (including phenoxy) is 5. The van der Waals surface area contributed by atoms with Gasteiger partial charge < -0.3 is 32.7 Å². The zero-order valence-electron chi connectivity index (χ0n) is 14.6. The lowest BCUT2D eigenvalue weighted by molar-refractivity contribution is 0.120. The first-order valence-corrected chi connectivity index (χ1v) is 10.4. The number of carbonyl (C=O) groups is 2. The largest absolute Gasteiger partial charge is 0.508 e. The van der Waals surface area contributed by atoms with Crippen molar-refractivity contribution < 1.29 is 42.3 Å². The molecule has 2 saturated heterocycles. The second-order valence-corrected chi connectivity index (χ2v) is 7.56. The van der Waals surface area contributed by atoms with Gasteiger partial charge in [0.25, 0.3) is 0 Å². The van der Waals surface area contributed by atoms with Crippen LogP contribution in [0.3, 0.4) is 0 Å². The molecule has 2 fully saturated rings. The Balaban J connectivity index is 1.40. The zero-order valence-corrected chi connectivity index (χ0v) is 16.6. The molecule has 3 rings (SSSR count). The van der Waals surface area contributed by atoms with Crippen LogP contribution < -0.4 is 9.26 Å². The van der Waals surface area contributed by atoms with Gasteiger partial charge in [0.05, 0.1) is 22.5 Å². The van der Waals surface area contributed by atoms with E-state index in [1.54, 1.807) is 7.11 Å². The Morgan fingerprint density at radius 2 is 1.67 bits per heavy atom. The molecule has 9 nitrogen and oxygen atoms in total. The maximum absolute atomic E-state index is 10.9. The second kappa shape index (κ2) is 9.93. The average Bonchev–Trinajstić information content (AvgIpc) is 3.27. The normalized spacial score (nSPS) is 22.1. The van der Waals surface area contributed by atoms with Gasteiger partial charge in [-0.15, -0.1) is 0 Å². The monoisotopic (exact) mass is 418 g/mol. The quantitative estimate of drug-likeness (QED) is 0.323. The van der Waals surface area contributed by atoms with E-state index in [0.29, 0.717) is 30.4 Å². The summed E-state index contributed by atoms with van der Waals surface area (Å²) < 4.78 is 36.1. The minimum atomic E-state index is -0.633. The van der Waals surface area contributed by atoms with Crippen LogP contribution in [0.1, 0.15) is 5.56 Å². The van der Waals surface area contributed by atoms with Crippen LogP contribution in [-0.2, 0) is 30.1 Å². The predicted octanol–water partition coefficient (Wildman–Crippen LogP) is 2.85. The highest BCUT2D eigenvalue weighted by Crippen LogP contribution is 2.34. The van der Waals surface area contributed by atoms with Crippen molar-refractivity contribution in [3.63, 3.8) is 0 Å². The van der Waals surface area contributed by atoms with Gasteiger partial charge in [-0.1, -0.05) is 6.07 Å². The summed E-state index contributed by atoms with van der Waals surface area (Å²) in [6, 6.07) is 5.56. The highest BCUT2D eigenvalue weighted by Gasteiger charge is 2.25. The molecule has 0 saturated carbocycles. The van der Waals surface area contributed by atoms with Gasteiger partial charge in [-0.05, 0) is 17.7 Å². The van der Waals surface area contributed by atoms with Crippen LogP contribution in [0.25, 0.3) is 0 Å². The molecule has 0 aliphatic carbocycles. The van der Waals surface area contributed by atoms with Crippen LogP contribution >= 0.6 is 17.6 Å². The van der Waals surface area contributed by atoms with Gasteiger partial charge in [0.15, 0.2) is 11.5 Å². The number of methoxy groups -OCH3 is 1. The Morgan fingerprint density at radius 3 is 2.26 bits per heavy atom. The van der Waals surface area contributed by atoms with Crippen molar-refractivity contribution in [3.05, 3.63) is 23.8 Å². The smallest absolute Gasteiger partial charge is 0.493 e. The Bertz CT molecular complexity index is 669. The summed E-state index contributed by atoms with van der Waals surface area (Å²) in [7, 11) is 1.87. The van der Waals surface area contributed by atoms with Gasteiger partial charge in [0, 0.05) is 21.1 Å². The molecule has 0 amide bonds. The van der Waals surface area contributed by atoms with Crippen molar-refractivity contribution in [1.82, 2.24) is 0 Å². The highest BCUT2D eigenvalue weighted by atomic mass is 31.1. The Kier molecular flexibility index (Phi) is 7.33. The molecule has 0 spiro atoms. The first kappa shape index (κ1) is 19.9. The van der Waals surface area contributed by atoms with Crippen molar-refractivity contribution in [2.24, 2.45) is 0 Å². The van der Waals surface area contributed by atoms with E-state index < -0.39 is 12.3 Å². The van der Waals surface area contributed by atoms with Crippen LogP contribution in [0.4, 0.5) is 9.59 Å². The third-order valence-electron chi connectivity index (χ3n) is 3.67. The fraction of sp³-hybridized carbons (Fsp3) is 0.500. The molecule has 11 heteroatoms. The second-order valence-electron chi connectivity index (χ2n) is 5.67. The highest BCUT2D eigenvalue weighted by molar-refractivity contribution is 7.32.